The largest absolute Gasteiger partial charge is 0.339 e. The van der Waals surface area contributed by atoms with Crippen LogP contribution < -0.4 is 0 Å². The van der Waals surface area contributed by atoms with Gasteiger partial charge in [-0.05, 0) is 13.3 Å². The van der Waals surface area contributed by atoms with Gasteiger partial charge in [0.1, 0.15) is 0 Å². The van der Waals surface area contributed by atoms with Crippen molar-refractivity contribution in [2.24, 2.45) is 5.92 Å². The number of rotatable bonds is 7. The molecule has 2 nitrogen and oxygen atoms in total. The Morgan fingerprint density at radius 3 is 2.81 bits per heavy atom. The second kappa shape index (κ2) is 6.72. The number of unbranched alkanes of at least 4 members (excludes halogenated alkanes) is 3. The van der Waals surface area contributed by atoms with E-state index >= 15 is 0 Å². The third-order valence-electron chi connectivity index (χ3n) is 3.53. The van der Waals surface area contributed by atoms with Gasteiger partial charge in [0.15, 0.2) is 0 Å². The fourth-order valence-electron chi connectivity index (χ4n) is 2.37. The number of carbonyl (C=O) groups excluding carboxylic acids is 1. The van der Waals surface area contributed by atoms with Crippen molar-refractivity contribution >= 4 is 5.91 Å². The van der Waals surface area contributed by atoms with Crippen LogP contribution in [0.25, 0.3) is 0 Å². The van der Waals surface area contributed by atoms with Crippen LogP contribution in [0, 0.1) is 5.92 Å². The van der Waals surface area contributed by atoms with Crippen molar-refractivity contribution in [2.75, 3.05) is 6.54 Å². The molecular formula is C14H25NO. The lowest BCUT2D eigenvalue weighted by Crippen LogP contribution is -2.34. The van der Waals surface area contributed by atoms with Gasteiger partial charge in [-0.15, -0.1) is 6.58 Å². The van der Waals surface area contributed by atoms with E-state index in [0.717, 1.165) is 13.0 Å². The van der Waals surface area contributed by atoms with Crippen LogP contribution in [0.2, 0.25) is 0 Å². The van der Waals surface area contributed by atoms with Gasteiger partial charge >= 0.3 is 0 Å². The topological polar surface area (TPSA) is 20.3 Å². The molecule has 1 rings (SSSR count). The lowest BCUT2D eigenvalue weighted by atomic mass is 10.1. The van der Waals surface area contributed by atoms with E-state index in [1.807, 2.05) is 11.0 Å². The Morgan fingerprint density at radius 2 is 2.25 bits per heavy atom. The third kappa shape index (κ3) is 3.66. The Balaban J connectivity index is 2.28. The summed E-state index contributed by atoms with van der Waals surface area (Å²) in [5.74, 6) is 0.693. The minimum atomic E-state index is 0.313. The van der Waals surface area contributed by atoms with Crippen molar-refractivity contribution in [2.45, 2.75) is 58.4 Å². The summed E-state index contributed by atoms with van der Waals surface area (Å²) < 4.78 is 0. The molecule has 1 aliphatic rings. The highest BCUT2D eigenvalue weighted by Crippen LogP contribution is 2.23. The van der Waals surface area contributed by atoms with E-state index in [9.17, 15) is 4.79 Å². The first-order valence-corrected chi connectivity index (χ1v) is 6.61. The van der Waals surface area contributed by atoms with E-state index in [1.54, 1.807) is 0 Å². The molecule has 1 aliphatic heterocycles. The molecule has 2 unspecified atom stereocenters. The molecule has 1 fully saturated rings. The maximum Gasteiger partial charge on any atom is 0.223 e. The van der Waals surface area contributed by atoms with Crippen molar-refractivity contribution in [3.8, 4) is 0 Å². The van der Waals surface area contributed by atoms with Crippen molar-refractivity contribution < 1.29 is 4.79 Å². The summed E-state index contributed by atoms with van der Waals surface area (Å²) in [7, 11) is 0. The second-order valence-corrected chi connectivity index (χ2v) is 4.94. The minimum Gasteiger partial charge on any atom is -0.339 e. The molecule has 16 heavy (non-hydrogen) atoms. The standard InChI is InChI=1S/C14H25NO/c1-4-6-7-8-9-12(3)15-11-13(5-2)10-14(15)16/h5,12-13H,2,4,6-11H2,1,3H3. The van der Waals surface area contributed by atoms with E-state index in [0.29, 0.717) is 24.3 Å². The Labute approximate surface area is 99.7 Å². The molecule has 0 saturated carbocycles. The lowest BCUT2D eigenvalue weighted by Gasteiger charge is -2.24. The van der Waals surface area contributed by atoms with Gasteiger partial charge in [0.05, 0.1) is 0 Å². The lowest BCUT2D eigenvalue weighted by molar-refractivity contribution is -0.129. The van der Waals surface area contributed by atoms with Crippen LogP contribution in [0.5, 0.6) is 0 Å². The first kappa shape index (κ1) is 13.3. The molecule has 0 aromatic heterocycles. The van der Waals surface area contributed by atoms with E-state index in [-0.39, 0.29) is 0 Å². The summed E-state index contributed by atoms with van der Waals surface area (Å²) in [4.78, 5) is 13.8. The number of hydrogen-bond acceptors (Lipinski definition) is 1. The van der Waals surface area contributed by atoms with E-state index in [2.05, 4.69) is 20.4 Å². The van der Waals surface area contributed by atoms with E-state index < -0.39 is 0 Å². The van der Waals surface area contributed by atoms with Gasteiger partial charge in [0.25, 0.3) is 0 Å². The van der Waals surface area contributed by atoms with Crippen LogP contribution in [0.4, 0.5) is 0 Å². The first-order valence-electron chi connectivity index (χ1n) is 6.61. The highest BCUT2D eigenvalue weighted by molar-refractivity contribution is 5.79. The van der Waals surface area contributed by atoms with Gasteiger partial charge < -0.3 is 4.90 Å². The summed E-state index contributed by atoms with van der Waals surface area (Å²) in [6.07, 6.45) is 8.87. The van der Waals surface area contributed by atoms with Crippen LogP contribution in [0.1, 0.15) is 52.4 Å². The number of amides is 1. The summed E-state index contributed by atoms with van der Waals surface area (Å²) in [6, 6.07) is 0.411. The zero-order chi connectivity index (χ0) is 12.0. The molecule has 2 heteroatoms. The molecule has 1 heterocycles. The molecule has 0 spiro atoms. The van der Waals surface area contributed by atoms with Crippen LogP contribution >= 0.6 is 0 Å². The quantitative estimate of drug-likeness (QED) is 0.478. The van der Waals surface area contributed by atoms with Gasteiger partial charge in [0, 0.05) is 24.9 Å². The molecule has 0 N–H and O–H groups in total. The van der Waals surface area contributed by atoms with Crippen LogP contribution in [0.3, 0.4) is 0 Å². The van der Waals surface area contributed by atoms with Crippen molar-refractivity contribution in [1.82, 2.24) is 4.90 Å². The fourth-order valence-corrected chi connectivity index (χ4v) is 2.37. The zero-order valence-electron chi connectivity index (χ0n) is 10.7. The molecule has 0 bridgehead atoms. The van der Waals surface area contributed by atoms with Gasteiger partial charge in [-0.25, -0.2) is 0 Å². The SMILES string of the molecule is C=CC1CC(=O)N(C(C)CCCCCC)C1. The van der Waals surface area contributed by atoms with Crippen LogP contribution in [0.15, 0.2) is 12.7 Å². The maximum atomic E-state index is 11.8. The van der Waals surface area contributed by atoms with Crippen molar-refractivity contribution in [3.05, 3.63) is 12.7 Å². The zero-order valence-corrected chi connectivity index (χ0v) is 10.7. The highest BCUT2D eigenvalue weighted by atomic mass is 16.2. The summed E-state index contributed by atoms with van der Waals surface area (Å²) in [5.41, 5.74) is 0. The van der Waals surface area contributed by atoms with E-state index in [1.165, 1.54) is 25.7 Å². The molecule has 1 amide bonds. The monoisotopic (exact) mass is 223 g/mol. The Morgan fingerprint density at radius 1 is 1.50 bits per heavy atom. The molecule has 0 aliphatic carbocycles. The predicted octanol–water partition coefficient (Wildman–Crippen LogP) is 3.38. The minimum absolute atomic E-state index is 0.313. The van der Waals surface area contributed by atoms with E-state index in [4.69, 9.17) is 0 Å². The first-order chi connectivity index (χ1) is 7.69. The van der Waals surface area contributed by atoms with Crippen LogP contribution in [-0.4, -0.2) is 23.4 Å². The number of likely N-dealkylation sites (tertiary alicyclic amines) is 1. The van der Waals surface area contributed by atoms with Gasteiger partial charge in [-0.2, -0.15) is 0 Å². The molecule has 0 radical (unpaired) electrons. The summed E-state index contributed by atoms with van der Waals surface area (Å²) in [5, 5.41) is 0. The van der Waals surface area contributed by atoms with Crippen molar-refractivity contribution in [1.29, 1.82) is 0 Å². The number of hydrogen-bond donors (Lipinski definition) is 0. The van der Waals surface area contributed by atoms with Gasteiger partial charge in [-0.1, -0.05) is 38.7 Å². The Kier molecular flexibility index (Phi) is 5.58. The molecule has 1 saturated heterocycles. The Bertz CT molecular complexity index is 237. The molecule has 0 aromatic carbocycles. The average Bonchev–Trinajstić information content (AvgIpc) is 2.66. The number of carbonyl (C=O) groups is 1. The highest BCUT2D eigenvalue weighted by Gasteiger charge is 2.30. The average molecular weight is 223 g/mol. The van der Waals surface area contributed by atoms with Gasteiger partial charge in [-0.3, -0.25) is 4.79 Å². The molecular weight excluding hydrogens is 198 g/mol. The fraction of sp³-hybridized carbons (Fsp3) is 0.786. The molecule has 2 atom stereocenters. The molecule has 0 aromatic rings. The smallest absolute Gasteiger partial charge is 0.223 e. The predicted molar refractivity (Wildman–Crippen MR) is 68.2 cm³/mol. The molecule has 92 valence electrons. The third-order valence-corrected chi connectivity index (χ3v) is 3.53. The van der Waals surface area contributed by atoms with Gasteiger partial charge in [0.2, 0.25) is 5.91 Å². The van der Waals surface area contributed by atoms with Crippen molar-refractivity contribution in [3.63, 3.8) is 0 Å². The summed E-state index contributed by atoms with van der Waals surface area (Å²) in [6.45, 7) is 9.06. The maximum absolute atomic E-state index is 11.8. The number of nitrogens with zero attached hydrogens (tertiary/aromatic N) is 1. The second-order valence-electron chi connectivity index (χ2n) is 4.94. The normalized spacial score (nSPS) is 22.5. The van der Waals surface area contributed by atoms with Crippen LogP contribution in [-0.2, 0) is 4.79 Å². The summed E-state index contributed by atoms with van der Waals surface area (Å²) >= 11 is 0. The Hall–Kier alpha value is -0.790.